The largest absolute Gasteiger partial charge is 0.352 e. The standard InChI is InChI=1S/C14H26N2O/c1-14(2)8-4-3-7-12(14)13(17)16-11-6-5-9-15-10-11/h11-12,15H,3-10H2,1-2H3,(H,16,17)/t11-,12?/m1/s1. The summed E-state index contributed by atoms with van der Waals surface area (Å²) in [6.45, 7) is 6.53. The van der Waals surface area contributed by atoms with Gasteiger partial charge in [-0.2, -0.15) is 0 Å². The summed E-state index contributed by atoms with van der Waals surface area (Å²) in [6, 6.07) is 0.356. The van der Waals surface area contributed by atoms with Crippen molar-refractivity contribution < 1.29 is 4.79 Å². The van der Waals surface area contributed by atoms with Crippen molar-refractivity contribution >= 4 is 5.91 Å². The Morgan fingerprint density at radius 1 is 1.24 bits per heavy atom. The molecule has 98 valence electrons. The van der Waals surface area contributed by atoms with Gasteiger partial charge < -0.3 is 10.6 Å². The van der Waals surface area contributed by atoms with Crippen molar-refractivity contribution in [2.24, 2.45) is 11.3 Å². The first-order valence-corrected chi connectivity index (χ1v) is 7.11. The molecule has 1 amide bonds. The fourth-order valence-corrected chi connectivity index (χ4v) is 3.26. The lowest BCUT2D eigenvalue weighted by atomic mass is 9.68. The van der Waals surface area contributed by atoms with Crippen molar-refractivity contribution in [3.05, 3.63) is 0 Å². The lowest BCUT2D eigenvalue weighted by molar-refractivity contribution is -0.131. The predicted octanol–water partition coefficient (Wildman–Crippen LogP) is 2.07. The number of carbonyl (C=O) groups is 1. The molecule has 1 saturated carbocycles. The monoisotopic (exact) mass is 238 g/mol. The summed E-state index contributed by atoms with van der Waals surface area (Å²) in [5.74, 6) is 0.515. The molecule has 1 saturated heterocycles. The Hall–Kier alpha value is -0.570. The van der Waals surface area contributed by atoms with E-state index in [1.807, 2.05) is 0 Å². The quantitative estimate of drug-likeness (QED) is 0.773. The molecule has 0 aromatic rings. The average Bonchev–Trinajstić information content (AvgIpc) is 2.29. The summed E-state index contributed by atoms with van der Waals surface area (Å²) in [5, 5.41) is 6.59. The molecule has 2 N–H and O–H groups in total. The van der Waals surface area contributed by atoms with E-state index in [0.717, 1.165) is 25.9 Å². The van der Waals surface area contributed by atoms with Crippen molar-refractivity contribution in [2.45, 2.75) is 58.4 Å². The van der Waals surface area contributed by atoms with Crippen LogP contribution in [-0.4, -0.2) is 25.0 Å². The van der Waals surface area contributed by atoms with Gasteiger partial charge in [-0.1, -0.05) is 26.7 Å². The minimum atomic E-state index is 0.185. The van der Waals surface area contributed by atoms with Gasteiger partial charge in [0.15, 0.2) is 0 Å². The van der Waals surface area contributed by atoms with Crippen molar-refractivity contribution in [3.8, 4) is 0 Å². The van der Waals surface area contributed by atoms with E-state index < -0.39 is 0 Å². The summed E-state index contributed by atoms with van der Waals surface area (Å²) >= 11 is 0. The number of rotatable bonds is 2. The zero-order chi connectivity index (χ0) is 12.3. The second-order valence-corrected chi connectivity index (χ2v) is 6.34. The van der Waals surface area contributed by atoms with Gasteiger partial charge in [-0.15, -0.1) is 0 Å². The highest BCUT2D eigenvalue weighted by atomic mass is 16.2. The molecule has 3 heteroatoms. The molecular formula is C14H26N2O. The van der Waals surface area contributed by atoms with E-state index in [1.165, 1.54) is 25.7 Å². The maximum Gasteiger partial charge on any atom is 0.223 e. The van der Waals surface area contributed by atoms with Gasteiger partial charge in [-0.25, -0.2) is 0 Å². The van der Waals surface area contributed by atoms with Crippen LogP contribution in [-0.2, 0) is 4.79 Å². The fourth-order valence-electron chi connectivity index (χ4n) is 3.26. The lowest BCUT2D eigenvalue weighted by Gasteiger charge is -2.38. The smallest absolute Gasteiger partial charge is 0.223 e. The second-order valence-electron chi connectivity index (χ2n) is 6.34. The van der Waals surface area contributed by atoms with Crippen molar-refractivity contribution in [2.75, 3.05) is 13.1 Å². The number of hydrogen-bond acceptors (Lipinski definition) is 2. The SMILES string of the molecule is CC1(C)CCCCC1C(=O)N[C@@H]1CCCNC1. The molecule has 0 aromatic carbocycles. The van der Waals surface area contributed by atoms with Crippen LogP contribution in [0.25, 0.3) is 0 Å². The third-order valence-electron chi connectivity index (χ3n) is 4.47. The maximum atomic E-state index is 12.3. The van der Waals surface area contributed by atoms with Gasteiger partial charge in [0.25, 0.3) is 0 Å². The molecule has 0 bridgehead atoms. The summed E-state index contributed by atoms with van der Waals surface area (Å²) in [4.78, 5) is 12.3. The third kappa shape index (κ3) is 3.21. The Bertz CT molecular complexity index is 269. The molecule has 2 fully saturated rings. The van der Waals surface area contributed by atoms with Gasteiger partial charge in [-0.05, 0) is 37.6 Å². The van der Waals surface area contributed by atoms with Crippen molar-refractivity contribution in [1.29, 1.82) is 0 Å². The molecule has 2 atom stereocenters. The number of carbonyl (C=O) groups excluding carboxylic acids is 1. The highest BCUT2D eigenvalue weighted by molar-refractivity contribution is 5.79. The molecule has 1 aliphatic carbocycles. The van der Waals surface area contributed by atoms with Crippen molar-refractivity contribution in [3.63, 3.8) is 0 Å². The topological polar surface area (TPSA) is 41.1 Å². The average molecular weight is 238 g/mol. The maximum absolute atomic E-state index is 12.3. The van der Waals surface area contributed by atoms with E-state index in [2.05, 4.69) is 24.5 Å². The first-order valence-electron chi connectivity index (χ1n) is 7.11. The molecule has 0 spiro atoms. The summed E-state index contributed by atoms with van der Waals surface area (Å²) in [7, 11) is 0. The van der Waals surface area contributed by atoms with E-state index in [4.69, 9.17) is 0 Å². The van der Waals surface area contributed by atoms with E-state index in [-0.39, 0.29) is 11.3 Å². The molecule has 2 rings (SSSR count). The molecule has 2 aliphatic rings. The molecule has 17 heavy (non-hydrogen) atoms. The van der Waals surface area contributed by atoms with Crippen LogP contribution in [0.3, 0.4) is 0 Å². The minimum Gasteiger partial charge on any atom is -0.352 e. The van der Waals surface area contributed by atoms with Gasteiger partial charge in [0.05, 0.1) is 0 Å². The van der Waals surface area contributed by atoms with Gasteiger partial charge in [0.1, 0.15) is 0 Å². The van der Waals surface area contributed by atoms with Crippen LogP contribution >= 0.6 is 0 Å². The highest BCUT2D eigenvalue weighted by Crippen LogP contribution is 2.40. The summed E-state index contributed by atoms with van der Waals surface area (Å²) in [6.07, 6.45) is 7.06. The van der Waals surface area contributed by atoms with Gasteiger partial charge in [0, 0.05) is 18.5 Å². The van der Waals surface area contributed by atoms with E-state index in [1.54, 1.807) is 0 Å². The molecule has 3 nitrogen and oxygen atoms in total. The molecule has 1 aliphatic heterocycles. The van der Waals surface area contributed by atoms with Crippen molar-refractivity contribution in [1.82, 2.24) is 10.6 Å². The Labute approximate surface area is 105 Å². The Morgan fingerprint density at radius 3 is 2.71 bits per heavy atom. The molecule has 1 unspecified atom stereocenters. The summed E-state index contributed by atoms with van der Waals surface area (Å²) in [5.41, 5.74) is 0.185. The first kappa shape index (κ1) is 12.9. The van der Waals surface area contributed by atoms with Crippen LogP contribution < -0.4 is 10.6 Å². The Morgan fingerprint density at radius 2 is 2.06 bits per heavy atom. The third-order valence-corrected chi connectivity index (χ3v) is 4.47. The number of piperidine rings is 1. The second kappa shape index (κ2) is 5.38. The highest BCUT2D eigenvalue weighted by Gasteiger charge is 2.37. The number of amides is 1. The Balaban J connectivity index is 1.89. The molecule has 1 heterocycles. The van der Waals surface area contributed by atoms with Gasteiger partial charge in [0.2, 0.25) is 5.91 Å². The van der Waals surface area contributed by atoms with Crippen LogP contribution in [0.2, 0.25) is 0 Å². The van der Waals surface area contributed by atoms with E-state index >= 15 is 0 Å². The lowest BCUT2D eigenvalue weighted by Crippen LogP contribution is -2.50. The van der Waals surface area contributed by atoms with Crippen LogP contribution in [0, 0.1) is 11.3 Å². The normalized spacial score (nSPS) is 33.1. The molecular weight excluding hydrogens is 212 g/mol. The zero-order valence-electron chi connectivity index (χ0n) is 11.2. The molecule has 0 aromatic heterocycles. The molecule has 0 radical (unpaired) electrons. The van der Waals surface area contributed by atoms with Crippen LogP contribution in [0.15, 0.2) is 0 Å². The summed E-state index contributed by atoms with van der Waals surface area (Å²) < 4.78 is 0. The predicted molar refractivity (Wildman–Crippen MR) is 69.8 cm³/mol. The number of hydrogen-bond donors (Lipinski definition) is 2. The van der Waals surface area contributed by atoms with Crippen LogP contribution in [0.5, 0.6) is 0 Å². The zero-order valence-corrected chi connectivity index (χ0v) is 11.2. The van der Waals surface area contributed by atoms with Crippen LogP contribution in [0.4, 0.5) is 0 Å². The van der Waals surface area contributed by atoms with E-state index in [9.17, 15) is 4.79 Å². The first-order chi connectivity index (χ1) is 8.09. The van der Waals surface area contributed by atoms with Crippen LogP contribution in [0.1, 0.15) is 52.4 Å². The van der Waals surface area contributed by atoms with Gasteiger partial charge in [-0.3, -0.25) is 4.79 Å². The fraction of sp³-hybridized carbons (Fsp3) is 0.929. The number of nitrogens with one attached hydrogen (secondary N) is 2. The minimum absolute atomic E-state index is 0.185. The van der Waals surface area contributed by atoms with E-state index in [0.29, 0.717) is 11.9 Å². The van der Waals surface area contributed by atoms with Gasteiger partial charge >= 0.3 is 0 Å². The Kier molecular flexibility index (Phi) is 4.08.